The average Bonchev–Trinajstić information content (AvgIpc) is 2.53. The van der Waals surface area contributed by atoms with Gasteiger partial charge in [0.2, 0.25) is 0 Å². The summed E-state index contributed by atoms with van der Waals surface area (Å²) >= 11 is 6.15. The number of aromatic amines is 1. The molecule has 0 spiro atoms. The van der Waals surface area contributed by atoms with E-state index < -0.39 is 5.69 Å². The molecule has 24 heavy (non-hydrogen) atoms. The molecule has 3 rings (SSSR count). The Morgan fingerprint density at radius 1 is 1.21 bits per heavy atom. The van der Waals surface area contributed by atoms with Crippen LogP contribution >= 0.6 is 11.6 Å². The van der Waals surface area contributed by atoms with Crippen molar-refractivity contribution in [1.82, 2.24) is 15.0 Å². The van der Waals surface area contributed by atoms with E-state index in [4.69, 9.17) is 11.6 Å². The standard InChI is InChI=1S/C16H17ClN4O3/c1-9-13-14(21(4-6-22)5-7-23)11-8-10(17)2-3-12(11)19-15(13)20-16(24)18-9/h2-3,8,22-23H,4-7H2,1H3,(H,18,19,20,24). The molecule has 3 aromatic rings. The van der Waals surface area contributed by atoms with Gasteiger partial charge in [-0.25, -0.2) is 9.78 Å². The van der Waals surface area contributed by atoms with Crippen molar-refractivity contribution < 1.29 is 10.2 Å². The molecule has 7 nitrogen and oxygen atoms in total. The SMILES string of the molecule is Cc1[nH]c(=O)nc2nc3ccc(Cl)cc3c(N(CCO)CCO)c12. The second kappa shape index (κ2) is 6.72. The van der Waals surface area contributed by atoms with E-state index in [2.05, 4.69) is 15.0 Å². The van der Waals surface area contributed by atoms with E-state index in [-0.39, 0.29) is 13.2 Å². The Labute approximate surface area is 142 Å². The lowest BCUT2D eigenvalue weighted by Gasteiger charge is -2.26. The maximum atomic E-state index is 11.7. The molecule has 126 valence electrons. The maximum Gasteiger partial charge on any atom is 0.347 e. The first-order chi connectivity index (χ1) is 11.5. The quantitative estimate of drug-likeness (QED) is 0.599. The number of nitrogens with one attached hydrogen (secondary N) is 1. The van der Waals surface area contributed by atoms with Crippen LogP contribution in [0.4, 0.5) is 5.69 Å². The zero-order valence-electron chi connectivity index (χ0n) is 13.1. The number of aromatic nitrogens is 3. The topological polar surface area (TPSA) is 102 Å². The molecule has 0 aliphatic heterocycles. The van der Waals surface area contributed by atoms with Gasteiger partial charge < -0.3 is 20.1 Å². The average molecular weight is 349 g/mol. The third kappa shape index (κ3) is 2.93. The highest BCUT2D eigenvalue weighted by atomic mass is 35.5. The number of anilines is 1. The highest BCUT2D eigenvalue weighted by molar-refractivity contribution is 6.31. The lowest BCUT2D eigenvalue weighted by atomic mass is 10.1. The molecular weight excluding hydrogens is 332 g/mol. The number of aryl methyl sites for hydroxylation is 1. The van der Waals surface area contributed by atoms with E-state index in [9.17, 15) is 15.0 Å². The van der Waals surface area contributed by atoms with Crippen LogP contribution in [-0.2, 0) is 0 Å². The Balaban J connectivity index is 2.46. The van der Waals surface area contributed by atoms with Gasteiger partial charge in [-0.2, -0.15) is 4.98 Å². The zero-order valence-corrected chi connectivity index (χ0v) is 13.8. The summed E-state index contributed by atoms with van der Waals surface area (Å²) in [5.41, 5.74) is 1.85. The van der Waals surface area contributed by atoms with Gasteiger partial charge in [-0.05, 0) is 25.1 Å². The summed E-state index contributed by atoms with van der Waals surface area (Å²) in [6.45, 7) is 2.24. The van der Waals surface area contributed by atoms with Crippen LogP contribution < -0.4 is 10.6 Å². The number of hydrogen-bond acceptors (Lipinski definition) is 6. The van der Waals surface area contributed by atoms with Crippen molar-refractivity contribution in [1.29, 1.82) is 0 Å². The van der Waals surface area contributed by atoms with E-state index in [0.29, 0.717) is 40.4 Å². The summed E-state index contributed by atoms with van der Waals surface area (Å²) < 4.78 is 0. The van der Waals surface area contributed by atoms with E-state index in [0.717, 1.165) is 11.1 Å². The van der Waals surface area contributed by atoms with E-state index in [1.54, 1.807) is 25.1 Å². The van der Waals surface area contributed by atoms with Crippen LogP contribution in [0.25, 0.3) is 21.9 Å². The van der Waals surface area contributed by atoms with Crippen LogP contribution in [0.3, 0.4) is 0 Å². The lowest BCUT2D eigenvalue weighted by Crippen LogP contribution is -2.30. The Morgan fingerprint density at radius 3 is 2.58 bits per heavy atom. The predicted octanol–water partition coefficient (Wildman–Crippen LogP) is 1.22. The number of fused-ring (bicyclic) bond motifs is 2. The van der Waals surface area contributed by atoms with Crippen molar-refractivity contribution in [3.63, 3.8) is 0 Å². The number of hydrogen-bond donors (Lipinski definition) is 3. The number of rotatable bonds is 5. The van der Waals surface area contributed by atoms with Gasteiger partial charge in [-0.1, -0.05) is 11.6 Å². The Bertz CT molecular complexity index is 951. The fourth-order valence-electron chi connectivity index (χ4n) is 2.88. The van der Waals surface area contributed by atoms with Gasteiger partial charge in [0.15, 0.2) is 5.65 Å². The molecule has 0 amide bonds. The van der Waals surface area contributed by atoms with Gasteiger partial charge in [0.25, 0.3) is 0 Å². The van der Waals surface area contributed by atoms with Gasteiger partial charge in [-0.3, -0.25) is 0 Å². The lowest BCUT2D eigenvalue weighted by molar-refractivity contribution is 0.281. The molecule has 0 unspecified atom stereocenters. The summed E-state index contributed by atoms with van der Waals surface area (Å²) in [6, 6.07) is 5.26. The Morgan fingerprint density at radius 2 is 1.92 bits per heavy atom. The highest BCUT2D eigenvalue weighted by Crippen LogP contribution is 2.35. The first kappa shape index (κ1) is 16.6. The van der Waals surface area contributed by atoms with Crippen LogP contribution in [0.1, 0.15) is 5.69 Å². The van der Waals surface area contributed by atoms with Crippen LogP contribution in [0.5, 0.6) is 0 Å². The van der Waals surface area contributed by atoms with Gasteiger partial charge in [-0.15, -0.1) is 0 Å². The van der Waals surface area contributed by atoms with E-state index >= 15 is 0 Å². The minimum atomic E-state index is -0.470. The number of aliphatic hydroxyl groups is 2. The van der Waals surface area contributed by atoms with E-state index in [1.807, 2.05) is 4.90 Å². The van der Waals surface area contributed by atoms with Crippen molar-refractivity contribution in [2.45, 2.75) is 6.92 Å². The molecule has 0 saturated heterocycles. The van der Waals surface area contributed by atoms with Gasteiger partial charge in [0.1, 0.15) is 0 Å². The Kier molecular flexibility index (Phi) is 4.66. The van der Waals surface area contributed by atoms with Crippen LogP contribution in [0, 0.1) is 6.92 Å². The van der Waals surface area contributed by atoms with Gasteiger partial charge >= 0.3 is 5.69 Å². The molecule has 0 bridgehead atoms. The summed E-state index contributed by atoms with van der Waals surface area (Å²) in [5, 5.41) is 20.8. The number of benzene rings is 1. The highest BCUT2D eigenvalue weighted by Gasteiger charge is 2.18. The molecule has 0 aliphatic carbocycles. The van der Waals surface area contributed by atoms with Gasteiger partial charge in [0.05, 0.1) is 29.8 Å². The summed E-state index contributed by atoms with van der Waals surface area (Å²) in [4.78, 5) is 24.7. The first-order valence-electron chi connectivity index (χ1n) is 7.51. The predicted molar refractivity (Wildman–Crippen MR) is 93.8 cm³/mol. The van der Waals surface area contributed by atoms with Crippen molar-refractivity contribution >= 4 is 39.2 Å². The monoisotopic (exact) mass is 348 g/mol. The number of nitrogens with zero attached hydrogens (tertiary/aromatic N) is 3. The second-order valence-electron chi connectivity index (χ2n) is 5.42. The molecule has 1 aromatic carbocycles. The molecule has 0 radical (unpaired) electrons. The van der Waals surface area contributed by atoms with Crippen molar-refractivity contribution in [2.24, 2.45) is 0 Å². The van der Waals surface area contributed by atoms with Crippen molar-refractivity contribution in [3.8, 4) is 0 Å². The van der Waals surface area contributed by atoms with Crippen LogP contribution in [0.2, 0.25) is 5.02 Å². The number of pyridine rings is 1. The number of aliphatic hydroxyl groups excluding tert-OH is 2. The summed E-state index contributed by atoms with van der Waals surface area (Å²) in [5.74, 6) is 0. The largest absolute Gasteiger partial charge is 0.395 e. The summed E-state index contributed by atoms with van der Waals surface area (Å²) in [7, 11) is 0. The number of H-pyrrole nitrogens is 1. The molecule has 0 fully saturated rings. The third-order valence-electron chi connectivity index (χ3n) is 3.83. The number of halogens is 1. The molecule has 3 N–H and O–H groups in total. The van der Waals surface area contributed by atoms with Crippen molar-refractivity contribution in [3.05, 3.63) is 39.4 Å². The molecule has 2 heterocycles. The fourth-order valence-corrected chi connectivity index (χ4v) is 3.06. The molecule has 0 aliphatic rings. The van der Waals surface area contributed by atoms with Crippen molar-refractivity contribution in [2.75, 3.05) is 31.2 Å². The second-order valence-corrected chi connectivity index (χ2v) is 5.86. The first-order valence-corrected chi connectivity index (χ1v) is 7.89. The smallest absolute Gasteiger partial charge is 0.347 e. The van der Waals surface area contributed by atoms with Gasteiger partial charge in [0, 0.05) is 29.2 Å². The molecule has 2 aromatic heterocycles. The minimum Gasteiger partial charge on any atom is -0.395 e. The van der Waals surface area contributed by atoms with E-state index in [1.165, 1.54) is 0 Å². The normalized spacial score (nSPS) is 11.3. The third-order valence-corrected chi connectivity index (χ3v) is 4.07. The zero-order chi connectivity index (χ0) is 17.3. The van der Waals surface area contributed by atoms with Crippen LogP contribution in [0.15, 0.2) is 23.0 Å². The molecule has 8 heteroatoms. The fraction of sp³-hybridized carbons (Fsp3) is 0.312. The molecule has 0 saturated carbocycles. The molecule has 0 atom stereocenters. The van der Waals surface area contributed by atoms with Crippen LogP contribution in [-0.4, -0.2) is 51.5 Å². The maximum absolute atomic E-state index is 11.7. The minimum absolute atomic E-state index is 0.0816. The molecular formula is C16H17ClN4O3. The summed E-state index contributed by atoms with van der Waals surface area (Å²) in [6.07, 6.45) is 0. The Hall–Kier alpha value is -2.22.